The van der Waals surface area contributed by atoms with E-state index in [-0.39, 0.29) is 41.1 Å². The Kier molecular flexibility index (Phi) is 17.5. The molecule has 27 atom stereocenters. The zero-order valence-electron chi connectivity index (χ0n) is 44.1. The molecule has 4 heterocycles. The van der Waals surface area contributed by atoms with Crippen molar-refractivity contribution in [3.8, 4) is 0 Å². The van der Waals surface area contributed by atoms with Crippen molar-refractivity contribution in [2.24, 2.45) is 29.1 Å². The summed E-state index contributed by atoms with van der Waals surface area (Å²) in [5, 5.41) is 138. The number of hydrogen-bond acceptors (Lipinski definition) is 21. The molecule has 0 amide bonds. The third-order valence-corrected chi connectivity index (χ3v) is 19.1. The summed E-state index contributed by atoms with van der Waals surface area (Å²) in [5.74, 6) is -0.308. The van der Waals surface area contributed by atoms with Crippen LogP contribution in [0, 0.1) is 36.0 Å². The number of rotatable bonds is 15. The minimum atomic E-state index is -1.77. The summed E-state index contributed by atoms with van der Waals surface area (Å²) in [7, 11) is 0. The number of aliphatic hydroxyl groups is 12. The predicted molar refractivity (Wildman–Crippen MR) is 262 cm³/mol. The van der Waals surface area contributed by atoms with Gasteiger partial charge >= 0.3 is 5.97 Å². The molecular weight excluding hydrogens is 1000 g/mol. The van der Waals surface area contributed by atoms with Gasteiger partial charge in [0.1, 0.15) is 85.5 Å². The van der Waals surface area contributed by atoms with Crippen molar-refractivity contribution in [3.63, 3.8) is 0 Å². The van der Waals surface area contributed by atoms with Crippen molar-refractivity contribution < 1.29 is 109 Å². The van der Waals surface area contributed by atoms with Crippen molar-refractivity contribution in [3.05, 3.63) is 45.5 Å². The molecule has 6 fully saturated rings. The number of allylic oxidation sites excluding steroid dienone is 1. The predicted octanol–water partition coefficient (Wildman–Crippen LogP) is -1.06. The molecule has 0 spiro atoms. The van der Waals surface area contributed by atoms with E-state index in [0.717, 1.165) is 47.9 Å². The van der Waals surface area contributed by atoms with E-state index in [1.807, 2.05) is 13.0 Å². The zero-order chi connectivity index (χ0) is 55.0. The van der Waals surface area contributed by atoms with Gasteiger partial charge in [-0.25, -0.2) is 4.79 Å². The highest BCUT2D eigenvalue weighted by Gasteiger charge is 2.60. The molecule has 4 aliphatic carbocycles. The van der Waals surface area contributed by atoms with Gasteiger partial charge in [0.25, 0.3) is 0 Å². The third kappa shape index (κ3) is 10.5. The van der Waals surface area contributed by atoms with Crippen LogP contribution in [0.1, 0.15) is 112 Å². The molecule has 76 heavy (non-hydrogen) atoms. The topological polar surface area (TPSA) is 354 Å². The maximum atomic E-state index is 13.1. The van der Waals surface area contributed by atoms with E-state index in [1.54, 1.807) is 0 Å². The molecule has 4 saturated heterocycles. The van der Waals surface area contributed by atoms with Crippen molar-refractivity contribution >= 4 is 5.97 Å². The molecule has 27 unspecified atom stereocenters. The molecular formula is C54H82O22. The molecule has 8 aliphatic rings. The fraction of sp³-hybridized carbons (Fsp3) is 0.833. The van der Waals surface area contributed by atoms with Gasteiger partial charge in [0, 0.05) is 0 Å². The van der Waals surface area contributed by atoms with Crippen LogP contribution in [-0.4, -0.2) is 221 Å². The van der Waals surface area contributed by atoms with Crippen LogP contribution in [0.2, 0.25) is 0 Å². The van der Waals surface area contributed by atoms with Gasteiger partial charge in [-0.15, -0.1) is 0 Å². The second-order valence-electron chi connectivity index (χ2n) is 23.7. The van der Waals surface area contributed by atoms with Crippen LogP contribution in [0.5, 0.6) is 0 Å². The second kappa shape index (κ2) is 22.9. The molecule has 430 valence electrons. The van der Waals surface area contributed by atoms with E-state index >= 15 is 0 Å². The first-order valence-electron chi connectivity index (χ1n) is 27.2. The van der Waals surface area contributed by atoms with Gasteiger partial charge in [-0.05, 0) is 141 Å². The summed E-state index contributed by atoms with van der Waals surface area (Å²) >= 11 is 0. The summed E-state index contributed by atoms with van der Waals surface area (Å²) in [5.41, 5.74) is 5.12. The number of carbonyl (C=O) groups is 1. The van der Waals surface area contributed by atoms with Gasteiger partial charge in [0.15, 0.2) is 25.2 Å². The normalized spacial score (nSPS) is 47.7. The Morgan fingerprint density at radius 2 is 1.25 bits per heavy atom. The van der Waals surface area contributed by atoms with Crippen LogP contribution < -0.4 is 0 Å². The monoisotopic (exact) mass is 1080 g/mol. The average molecular weight is 1080 g/mol. The van der Waals surface area contributed by atoms with E-state index in [2.05, 4.69) is 26.8 Å². The lowest BCUT2D eigenvalue weighted by atomic mass is 9.47. The van der Waals surface area contributed by atoms with Crippen LogP contribution in [0.3, 0.4) is 0 Å². The molecule has 0 radical (unpaired) electrons. The molecule has 2 saturated carbocycles. The lowest BCUT2D eigenvalue weighted by Crippen LogP contribution is -2.66. The standard InChI is InChI=1S/C54H82O22/c1-21(20-69-49-42(63)41(62)38(59)33(18-55)73-49)7-8-25-15-30(48(67)68)29-17-32-28-10-9-26-16-27(11-13-53(26,5)31(28)12-14-54(32,6)35(29)22(25)2)72-52-47(76-51-44(65)40(61)37(58)24(4)71-51)45(66)46(34(19-56)74-52)75-50-43(64)39(60)36(57)23(3)70-50/h9,15,21,23-24,27-28,31-34,36-47,49-52,55-66H,7-8,10-14,16-20H2,1-6H3,(H,67,68). The maximum Gasteiger partial charge on any atom is 0.335 e. The lowest BCUT2D eigenvalue weighted by molar-refractivity contribution is -0.388. The van der Waals surface area contributed by atoms with Crippen LogP contribution in [0.4, 0.5) is 0 Å². The number of carboxylic acids is 1. The van der Waals surface area contributed by atoms with Gasteiger partial charge in [0.05, 0.1) is 43.7 Å². The minimum Gasteiger partial charge on any atom is -0.478 e. The molecule has 0 bridgehead atoms. The first-order valence-corrected chi connectivity index (χ1v) is 27.2. The van der Waals surface area contributed by atoms with E-state index in [4.69, 9.17) is 37.9 Å². The van der Waals surface area contributed by atoms with E-state index in [0.29, 0.717) is 37.7 Å². The van der Waals surface area contributed by atoms with Crippen molar-refractivity contribution in [2.75, 3.05) is 19.8 Å². The fourth-order valence-corrected chi connectivity index (χ4v) is 14.5. The molecule has 1 aromatic rings. The van der Waals surface area contributed by atoms with E-state index in [1.165, 1.54) is 19.4 Å². The highest BCUT2D eigenvalue weighted by atomic mass is 16.8. The fourth-order valence-electron chi connectivity index (χ4n) is 14.5. The zero-order valence-corrected chi connectivity index (χ0v) is 44.1. The molecule has 13 N–H and O–H groups in total. The number of hydrogen-bond donors (Lipinski definition) is 13. The Hall–Kier alpha value is -2.37. The maximum absolute atomic E-state index is 13.1. The summed E-state index contributed by atoms with van der Waals surface area (Å²) in [4.78, 5) is 13.1. The Bertz CT molecular complexity index is 2230. The Balaban J connectivity index is 0.897. The number of aromatic carboxylic acids is 1. The van der Waals surface area contributed by atoms with Gasteiger partial charge in [0.2, 0.25) is 0 Å². The van der Waals surface area contributed by atoms with Crippen LogP contribution in [-0.2, 0) is 56.2 Å². The molecule has 1 aromatic carbocycles. The lowest BCUT2D eigenvalue weighted by Gasteiger charge is -2.58. The third-order valence-electron chi connectivity index (χ3n) is 19.1. The SMILES string of the molecule is Cc1c(CCC(C)COC2OC(CO)C(O)C(O)C2O)cc(C(=O)O)c2c1C1(C)CCC3C(CC=C4CC(OC5OC(CO)C(OC6OC(C)C(O)C(O)C6O)C(O)C5OC5OC(C)C(O)C(O)C5O)CCC43C)C1C2. The van der Waals surface area contributed by atoms with Crippen LogP contribution in [0.25, 0.3) is 0 Å². The van der Waals surface area contributed by atoms with Gasteiger partial charge in [-0.3, -0.25) is 0 Å². The molecule has 0 aromatic heterocycles. The first kappa shape index (κ1) is 58.3. The van der Waals surface area contributed by atoms with Gasteiger partial charge < -0.3 is 104 Å². The van der Waals surface area contributed by atoms with Crippen molar-refractivity contribution in [1.82, 2.24) is 0 Å². The molecule has 4 aliphatic heterocycles. The number of fused-ring (bicyclic) bond motifs is 7. The second-order valence-corrected chi connectivity index (χ2v) is 23.7. The minimum absolute atomic E-state index is 0.0623. The molecule has 9 rings (SSSR count). The Labute approximate surface area is 442 Å². The summed E-state index contributed by atoms with van der Waals surface area (Å²) in [6.45, 7) is 10.5. The van der Waals surface area contributed by atoms with Crippen molar-refractivity contribution in [1.29, 1.82) is 0 Å². The molecule has 22 nitrogen and oxygen atoms in total. The van der Waals surface area contributed by atoms with Crippen LogP contribution in [0.15, 0.2) is 17.7 Å². The number of benzene rings is 1. The Morgan fingerprint density at radius 3 is 1.87 bits per heavy atom. The van der Waals surface area contributed by atoms with E-state index in [9.17, 15) is 71.2 Å². The highest BCUT2D eigenvalue weighted by molar-refractivity contribution is 5.91. The van der Waals surface area contributed by atoms with Gasteiger partial charge in [-0.1, -0.05) is 32.4 Å². The number of carboxylic acid groups (broad SMARTS) is 1. The summed E-state index contributed by atoms with van der Waals surface area (Å²) in [6.07, 6.45) is -21.2. The quantitative estimate of drug-likeness (QED) is 0.0932. The van der Waals surface area contributed by atoms with Crippen molar-refractivity contribution in [2.45, 2.75) is 234 Å². The summed E-state index contributed by atoms with van der Waals surface area (Å²) in [6, 6.07) is 1.83. The number of aryl methyl sites for hydroxylation is 1. The van der Waals surface area contributed by atoms with E-state index < -0.39 is 148 Å². The Morgan fingerprint density at radius 1 is 0.671 bits per heavy atom. The first-order chi connectivity index (χ1) is 35.9. The largest absolute Gasteiger partial charge is 0.478 e. The smallest absolute Gasteiger partial charge is 0.335 e. The van der Waals surface area contributed by atoms with Crippen LogP contribution >= 0.6 is 0 Å². The molecule has 22 heteroatoms. The van der Waals surface area contributed by atoms with Gasteiger partial charge in [-0.2, -0.15) is 0 Å². The number of aliphatic hydroxyl groups excluding tert-OH is 12. The summed E-state index contributed by atoms with van der Waals surface area (Å²) < 4.78 is 48.0. The number of ether oxygens (including phenoxy) is 8. The average Bonchev–Trinajstić information content (AvgIpc) is 3.74. The highest BCUT2D eigenvalue weighted by Crippen LogP contribution is 2.65.